The van der Waals surface area contributed by atoms with Gasteiger partial charge in [0.15, 0.2) is 0 Å². The summed E-state index contributed by atoms with van der Waals surface area (Å²) in [6.45, 7) is 7.08. The van der Waals surface area contributed by atoms with Crippen molar-refractivity contribution in [2.75, 3.05) is 25.4 Å². The molecule has 0 radical (unpaired) electrons. The summed E-state index contributed by atoms with van der Waals surface area (Å²) in [4.78, 5) is 14.5. The van der Waals surface area contributed by atoms with Crippen molar-refractivity contribution in [3.8, 4) is 0 Å². The van der Waals surface area contributed by atoms with E-state index >= 15 is 0 Å². The Morgan fingerprint density at radius 1 is 1.26 bits per heavy atom. The highest BCUT2D eigenvalue weighted by Gasteiger charge is 2.45. The van der Waals surface area contributed by atoms with Gasteiger partial charge in [0, 0.05) is 18.5 Å². The Morgan fingerprint density at radius 2 is 1.96 bits per heavy atom. The molecule has 0 aliphatic carbocycles. The lowest BCUT2D eigenvalue weighted by atomic mass is 9.75. The van der Waals surface area contributed by atoms with E-state index in [0.717, 1.165) is 5.56 Å². The largest absolute Gasteiger partial charge is 0.332 e. The van der Waals surface area contributed by atoms with Crippen LogP contribution in [0.2, 0.25) is 0 Å². The van der Waals surface area contributed by atoms with Crippen LogP contribution in [0.25, 0.3) is 0 Å². The molecule has 2 heterocycles. The average Bonchev–Trinajstić information content (AvgIpc) is 2.48. The molecule has 6 heteroatoms. The van der Waals surface area contributed by atoms with Crippen molar-refractivity contribution >= 4 is 15.9 Å². The Bertz CT molecular complexity index is 727. The quantitative estimate of drug-likeness (QED) is 0.847. The molecule has 5 nitrogen and oxygen atoms in total. The van der Waals surface area contributed by atoms with Crippen LogP contribution < -0.4 is 0 Å². The number of fused-ring (bicyclic) bond motifs is 3. The smallest absolute Gasteiger partial charge is 0.238 e. The van der Waals surface area contributed by atoms with E-state index in [4.69, 9.17) is 0 Å². The second kappa shape index (κ2) is 5.60. The van der Waals surface area contributed by atoms with Gasteiger partial charge in [0.2, 0.25) is 15.9 Å². The fourth-order valence-corrected chi connectivity index (χ4v) is 5.20. The second-order valence-corrected chi connectivity index (χ2v) is 9.21. The maximum absolute atomic E-state index is 12.6. The fourth-order valence-electron chi connectivity index (χ4n) is 3.75. The third-order valence-corrected chi connectivity index (χ3v) is 6.84. The molecule has 0 N–H and O–H groups in total. The molecule has 1 amide bonds. The Kier molecular flexibility index (Phi) is 4.01. The van der Waals surface area contributed by atoms with Crippen LogP contribution >= 0.6 is 0 Å². The molecule has 3 rings (SSSR count). The zero-order valence-corrected chi connectivity index (χ0v) is 14.8. The number of hydrogen-bond donors (Lipinski definition) is 0. The van der Waals surface area contributed by atoms with E-state index < -0.39 is 10.0 Å². The molecule has 1 unspecified atom stereocenters. The summed E-state index contributed by atoms with van der Waals surface area (Å²) >= 11 is 0. The van der Waals surface area contributed by atoms with Gasteiger partial charge < -0.3 is 4.90 Å². The van der Waals surface area contributed by atoms with Crippen LogP contribution in [-0.4, -0.2) is 48.9 Å². The lowest BCUT2D eigenvalue weighted by molar-refractivity contribution is -0.139. The Morgan fingerprint density at radius 3 is 2.65 bits per heavy atom. The molecule has 1 saturated heterocycles. The molecule has 126 valence electrons. The van der Waals surface area contributed by atoms with E-state index in [0.29, 0.717) is 19.5 Å². The predicted octanol–water partition coefficient (Wildman–Crippen LogP) is 1.90. The predicted molar refractivity (Wildman–Crippen MR) is 89.6 cm³/mol. The summed E-state index contributed by atoms with van der Waals surface area (Å²) in [5.41, 5.74) is 2.17. The summed E-state index contributed by atoms with van der Waals surface area (Å²) in [5.74, 6) is 0.00339. The average molecular weight is 336 g/mol. The van der Waals surface area contributed by atoms with Crippen molar-refractivity contribution in [1.82, 2.24) is 9.21 Å². The fraction of sp³-hybridized carbons (Fsp3) is 0.588. The molecule has 0 spiro atoms. The van der Waals surface area contributed by atoms with Crippen LogP contribution in [0.5, 0.6) is 0 Å². The van der Waals surface area contributed by atoms with Crippen molar-refractivity contribution in [2.24, 2.45) is 0 Å². The molecule has 0 bridgehead atoms. The second-order valence-electron chi connectivity index (χ2n) is 7.12. The highest BCUT2D eigenvalue weighted by molar-refractivity contribution is 7.89. The number of carbonyl (C=O) groups is 1. The van der Waals surface area contributed by atoms with Crippen molar-refractivity contribution in [3.63, 3.8) is 0 Å². The zero-order chi connectivity index (χ0) is 16.8. The maximum atomic E-state index is 12.6. The molecular weight excluding hydrogens is 312 g/mol. The Hall–Kier alpha value is -1.40. The van der Waals surface area contributed by atoms with Gasteiger partial charge in [-0.1, -0.05) is 45.0 Å². The van der Waals surface area contributed by atoms with Crippen molar-refractivity contribution in [2.45, 2.75) is 38.6 Å². The molecule has 0 saturated carbocycles. The number of sulfonamides is 1. The first-order valence-corrected chi connectivity index (χ1v) is 9.74. The number of carbonyl (C=O) groups excluding carboxylic acids is 1. The van der Waals surface area contributed by atoms with Gasteiger partial charge in [0.25, 0.3) is 0 Å². The van der Waals surface area contributed by atoms with Gasteiger partial charge in [0.1, 0.15) is 0 Å². The first-order chi connectivity index (χ1) is 10.8. The molecule has 1 atom stereocenters. The monoisotopic (exact) mass is 336 g/mol. The van der Waals surface area contributed by atoms with E-state index in [1.54, 1.807) is 0 Å². The van der Waals surface area contributed by atoms with Gasteiger partial charge in [-0.2, -0.15) is 4.31 Å². The van der Waals surface area contributed by atoms with Crippen LogP contribution in [0.1, 0.15) is 44.4 Å². The van der Waals surface area contributed by atoms with Crippen molar-refractivity contribution in [3.05, 3.63) is 35.4 Å². The highest BCUT2D eigenvalue weighted by atomic mass is 32.2. The van der Waals surface area contributed by atoms with Crippen LogP contribution in [0.4, 0.5) is 0 Å². The van der Waals surface area contributed by atoms with Crippen LogP contribution in [0, 0.1) is 0 Å². The molecule has 1 aromatic carbocycles. The third kappa shape index (κ3) is 2.78. The number of nitrogens with zero attached hydrogens (tertiary/aromatic N) is 2. The van der Waals surface area contributed by atoms with Crippen molar-refractivity contribution in [1.29, 1.82) is 0 Å². The third-order valence-electron chi connectivity index (χ3n) is 4.85. The molecule has 1 aromatic rings. The van der Waals surface area contributed by atoms with Crippen LogP contribution in [0.15, 0.2) is 24.3 Å². The number of rotatable bonds is 3. The van der Waals surface area contributed by atoms with E-state index in [1.165, 1.54) is 9.87 Å². The molecule has 0 aromatic heterocycles. The van der Waals surface area contributed by atoms with Gasteiger partial charge >= 0.3 is 0 Å². The summed E-state index contributed by atoms with van der Waals surface area (Å²) in [5, 5.41) is 0. The standard InChI is InChI=1S/C17H24N2O3S/c1-4-9-23(21,22)18-10-15-13-7-5-6-8-14(13)17(2,3)12-19(15)16(20)11-18/h5-8,15H,4,9-12H2,1-3H3. The summed E-state index contributed by atoms with van der Waals surface area (Å²) in [6.07, 6.45) is 0.561. The summed E-state index contributed by atoms with van der Waals surface area (Å²) in [7, 11) is -3.36. The highest BCUT2D eigenvalue weighted by Crippen LogP contribution is 2.41. The van der Waals surface area contributed by atoms with Crippen LogP contribution in [0.3, 0.4) is 0 Å². The minimum Gasteiger partial charge on any atom is -0.332 e. The van der Waals surface area contributed by atoms with E-state index in [1.807, 2.05) is 30.0 Å². The van der Waals surface area contributed by atoms with E-state index in [9.17, 15) is 13.2 Å². The first kappa shape index (κ1) is 16.5. The number of amides is 1. The molecule has 1 fully saturated rings. The maximum Gasteiger partial charge on any atom is 0.238 e. The molecular formula is C17H24N2O3S. The zero-order valence-electron chi connectivity index (χ0n) is 13.9. The minimum atomic E-state index is -3.36. The Labute approximate surface area is 138 Å². The molecule has 2 aliphatic heterocycles. The topological polar surface area (TPSA) is 57.7 Å². The SMILES string of the molecule is CCCS(=O)(=O)N1CC(=O)N2CC(C)(C)c3ccccc3C2C1. The van der Waals surface area contributed by atoms with Gasteiger partial charge in [-0.05, 0) is 17.5 Å². The number of hydrogen-bond acceptors (Lipinski definition) is 3. The Balaban J connectivity index is 2.01. The lowest BCUT2D eigenvalue weighted by Gasteiger charge is -2.49. The molecule has 23 heavy (non-hydrogen) atoms. The van der Waals surface area contributed by atoms with Crippen molar-refractivity contribution < 1.29 is 13.2 Å². The number of benzene rings is 1. The van der Waals surface area contributed by atoms with Gasteiger partial charge in [-0.25, -0.2) is 8.42 Å². The van der Waals surface area contributed by atoms with Gasteiger partial charge in [-0.3, -0.25) is 4.79 Å². The first-order valence-electron chi connectivity index (χ1n) is 8.13. The lowest BCUT2D eigenvalue weighted by Crippen LogP contribution is -2.58. The normalized spacial score (nSPS) is 24.2. The minimum absolute atomic E-state index is 0.0307. The number of piperazine rings is 1. The van der Waals surface area contributed by atoms with E-state index in [-0.39, 0.29) is 29.7 Å². The molecule has 2 aliphatic rings. The summed E-state index contributed by atoms with van der Waals surface area (Å²) < 4.78 is 26.2. The van der Waals surface area contributed by atoms with E-state index in [2.05, 4.69) is 19.9 Å². The van der Waals surface area contributed by atoms with Crippen LogP contribution in [-0.2, 0) is 20.2 Å². The van der Waals surface area contributed by atoms with Gasteiger partial charge in [-0.15, -0.1) is 0 Å². The van der Waals surface area contributed by atoms with Gasteiger partial charge in [0.05, 0.1) is 18.3 Å². The summed E-state index contributed by atoms with van der Waals surface area (Å²) in [6, 6.07) is 7.91.